The normalized spacial score (nSPS) is 13.9. The highest BCUT2D eigenvalue weighted by atomic mass is 16.4. The molecule has 0 heterocycles. The Morgan fingerprint density at radius 2 is 2.00 bits per heavy atom. The van der Waals surface area contributed by atoms with Gasteiger partial charge >= 0.3 is 0 Å². The summed E-state index contributed by atoms with van der Waals surface area (Å²) in [6.07, 6.45) is 0.305. The molecule has 0 aliphatic rings. The number of amides is 1. The van der Waals surface area contributed by atoms with Crippen LogP contribution in [0, 0.1) is 0 Å². The number of benzene rings is 1. The molecule has 0 spiro atoms. The molecule has 4 N–H and O–H groups in total. The molecule has 1 rings (SSSR count). The molecule has 0 aromatic heterocycles. The molecule has 0 radical (unpaired) electrons. The average molecular weight is 277 g/mol. The van der Waals surface area contributed by atoms with Gasteiger partial charge in [-0.3, -0.25) is 4.79 Å². The van der Waals surface area contributed by atoms with Crippen LogP contribution in [0.1, 0.15) is 50.0 Å². The molecule has 0 aliphatic heterocycles. The fraction of sp³-hybridized carbons (Fsp3) is 0.467. The fourth-order valence-electron chi connectivity index (χ4n) is 2.04. The topological polar surface area (TPSA) is 87.7 Å². The van der Waals surface area contributed by atoms with Gasteiger partial charge in [-0.25, -0.2) is 0 Å². The number of carbonyl (C=O) groups excluding carboxylic acids is 1. The molecule has 0 saturated carbocycles. The largest absolute Gasteiger partial charge is 0.409 e. The second-order valence-corrected chi connectivity index (χ2v) is 5.97. The first-order chi connectivity index (χ1) is 9.25. The highest BCUT2D eigenvalue weighted by Gasteiger charge is 2.21. The highest BCUT2D eigenvalue weighted by molar-refractivity contribution is 5.96. The van der Waals surface area contributed by atoms with Gasteiger partial charge in [0.15, 0.2) is 0 Å². The standard InChI is InChI=1S/C15H23N3O2/c1-10(9-13(16)18-20)17-14(19)11-7-5-6-8-12(11)15(2,3)4/h5-8,10,20H,9H2,1-4H3,(H2,16,18)(H,17,19). The quantitative estimate of drug-likeness (QED) is 0.341. The molecule has 1 aromatic rings. The van der Waals surface area contributed by atoms with Gasteiger partial charge in [0.2, 0.25) is 0 Å². The van der Waals surface area contributed by atoms with E-state index in [1.807, 2.05) is 31.2 Å². The van der Waals surface area contributed by atoms with E-state index in [2.05, 4.69) is 31.2 Å². The Labute approximate surface area is 119 Å². The van der Waals surface area contributed by atoms with Crippen molar-refractivity contribution in [1.29, 1.82) is 0 Å². The Kier molecular flexibility index (Phi) is 5.13. The van der Waals surface area contributed by atoms with Crippen LogP contribution in [0.15, 0.2) is 29.4 Å². The van der Waals surface area contributed by atoms with E-state index < -0.39 is 0 Å². The van der Waals surface area contributed by atoms with Crippen LogP contribution in [0.2, 0.25) is 0 Å². The van der Waals surface area contributed by atoms with E-state index in [1.54, 1.807) is 0 Å². The minimum absolute atomic E-state index is 0.0990. The zero-order chi connectivity index (χ0) is 15.3. The lowest BCUT2D eigenvalue weighted by Crippen LogP contribution is -2.36. The van der Waals surface area contributed by atoms with Crippen molar-refractivity contribution in [3.63, 3.8) is 0 Å². The molecule has 5 heteroatoms. The maximum atomic E-state index is 12.3. The molecule has 1 amide bonds. The van der Waals surface area contributed by atoms with Gasteiger partial charge in [-0.1, -0.05) is 44.1 Å². The van der Waals surface area contributed by atoms with E-state index in [-0.39, 0.29) is 23.2 Å². The SMILES string of the molecule is CC(C/C(N)=N/O)NC(=O)c1ccccc1C(C)(C)C. The summed E-state index contributed by atoms with van der Waals surface area (Å²) in [4.78, 5) is 12.3. The highest BCUT2D eigenvalue weighted by Crippen LogP contribution is 2.25. The maximum Gasteiger partial charge on any atom is 0.251 e. The van der Waals surface area contributed by atoms with Crippen molar-refractivity contribution in [2.24, 2.45) is 10.9 Å². The summed E-state index contributed by atoms with van der Waals surface area (Å²) in [5.74, 6) is -0.0457. The Balaban J connectivity index is 2.88. The maximum absolute atomic E-state index is 12.3. The molecule has 0 aliphatic carbocycles. The van der Waals surface area contributed by atoms with E-state index in [9.17, 15) is 4.79 Å². The second kappa shape index (κ2) is 6.41. The second-order valence-electron chi connectivity index (χ2n) is 5.97. The number of hydrogen-bond donors (Lipinski definition) is 3. The van der Waals surface area contributed by atoms with Crippen molar-refractivity contribution in [2.75, 3.05) is 0 Å². The Hall–Kier alpha value is -2.04. The molecule has 110 valence electrons. The van der Waals surface area contributed by atoms with E-state index in [0.29, 0.717) is 12.0 Å². The zero-order valence-electron chi connectivity index (χ0n) is 12.5. The Morgan fingerprint density at radius 3 is 2.55 bits per heavy atom. The zero-order valence-corrected chi connectivity index (χ0v) is 12.5. The molecule has 0 fully saturated rings. The van der Waals surface area contributed by atoms with Crippen LogP contribution in [0.4, 0.5) is 0 Å². The van der Waals surface area contributed by atoms with Gasteiger partial charge in [0.25, 0.3) is 5.91 Å². The molecule has 1 aromatic carbocycles. The first-order valence-electron chi connectivity index (χ1n) is 6.62. The fourth-order valence-corrected chi connectivity index (χ4v) is 2.04. The Bertz CT molecular complexity index is 504. The van der Waals surface area contributed by atoms with Gasteiger partial charge in [-0.2, -0.15) is 0 Å². The van der Waals surface area contributed by atoms with Gasteiger partial charge in [0, 0.05) is 18.0 Å². The first-order valence-corrected chi connectivity index (χ1v) is 6.62. The van der Waals surface area contributed by atoms with E-state index >= 15 is 0 Å². The van der Waals surface area contributed by atoms with Crippen LogP contribution in [0.25, 0.3) is 0 Å². The smallest absolute Gasteiger partial charge is 0.251 e. The van der Waals surface area contributed by atoms with Gasteiger partial charge in [-0.15, -0.1) is 0 Å². The Morgan fingerprint density at radius 1 is 1.40 bits per heavy atom. The van der Waals surface area contributed by atoms with Crippen molar-refractivity contribution in [1.82, 2.24) is 5.32 Å². The number of rotatable bonds is 4. The molecule has 20 heavy (non-hydrogen) atoms. The summed E-state index contributed by atoms with van der Waals surface area (Å²) in [6, 6.07) is 7.34. The van der Waals surface area contributed by atoms with E-state index in [0.717, 1.165) is 5.56 Å². The molecular formula is C15H23N3O2. The van der Waals surface area contributed by atoms with Crippen LogP contribution in [0.5, 0.6) is 0 Å². The van der Waals surface area contributed by atoms with Gasteiger partial charge < -0.3 is 16.3 Å². The van der Waals surface area contributed by atoms with Gasteiger partial charge in [0.05, 0.1) is 0 Å². The molecular weight excluding hydrogens is 254 g/mol. The average Bonchev–Trinajstić information content (AvgIpc) is 2.37. The molecule has 1 unspecified atom stereocenters. The third-order valence-electron chi connectivity index (χ3n) is 3.00. The lowest BCUT2D eigenvalue weighted by molar-refractivity contribution is 0.0939. The van der Waals surface area contributed by atoms with Crippen molar-refractivity contribution in [2.45, 2.75) is 45.6 Å². The lowest BCUT2D eigenvalue weighted by atomic mass is 9.83. The molecule has 5 nitrogen and oxygen atoms in total. The number of nitrogens with two attached hydrogens (primary N) is 1. The first kappa shape index (κ1) is 16.0. The third kappa shape index (κ3) is 4.26. The van der Waals surface area contributed by atoms with E-state index in [1.165, 1.54) is 0 Å². The predicted octanol–water partition coefficient (Wildman–Crippen LogP) is 2.24. The number of carbonyl (C=O) groups is 1. The molecule has 0 saturated heterocycles. The predicted molar refractivity (Wildman–Crippen MR) is 80.1 cm³/mol. The number of amidine groups is 1. The van der Waals surface area contributed by atoms with E-state index in [4.69, 9.17) is 10.9 Å². The monoisotopic (exact) mass is 277 g/mol. The lowest BCUT2D eigenvalue weighted by Gasteiger charge is -2.23. The summed E-state index contributed by atoms with van der Waals surface area (Å²) >= 11 is 0. The van der Waals surface area contributed by atoms with Crippen molar-refractivity contribution in [3.8, 4) is 0 Å². The van der Waals surface area contributed by atoms with Gasteiger partial charge in [-0.05, 0) is 24.0 Å². The van der Waals surface area contributed by atoms with Crippen LogP contribution in [-0.2, 0) is 5.41 Å². The van der Waals surface area contributed by atoms with Crippen LogP contribution >= 0.6 is 0 Å². The summed E-state index contributed by atoms with van der Waals surface area (Å²) in [5, 5.41) is 14.3. The summed E-state index contributed by atoms with van der Waals surface area (Å²) in [6.45, 7) is 8.02. The minimum atomic E-state index is -0.202. The van der Waals surface area contributed by atoms with Crippen LogP contribution in [0.3, 0.4) is 0 Å². The number of nitrogens with one attached hydrogen (secondary N) is 1. The van der Waals surface area contributed by atoms with Crippen LogP contribution < -0.4 is 11.1 Å². The number of oxime groups is 1. The van der Waals surface area contributed by atoms with Crippen molar-refractivity contribution >= 4 is 11.7 Å². The van der Waals surface area contributed by atoms with Crippen molar-refractivity contribution < 1.29 is 10.0 Å². The minimum Gasteiger partial charge on any atom is -0.409 e. The summed E-state index contributed by atoms with van der Waals surface area (Å²) < 4.78 is 0. The number of nitrogens with zero attached hydrogens (tertiary/aromatic N) is 1. The molecule has 1 atom stereocenters. The summed E-state index contributed by atoms with van der Waals surface area (Å²) in [5.41, 5.74) is 6.98. The van der Waals surface area contributed by atoms with Crippen LogP contribution in [-0.4, -0.2) is 23.0 Å². The number of hydrogen-bond acceptors (Lipinski definition) is 3. The summed E-state index contributed by atoms with van der Waals surface area (Å²) in [7, 11) is 0. The van der Waals surface area contributed by atoms with Gasteiger partial charge in [0.1, 0.15) is 5.84 Å². The third-order valence-corrected chi connectivity index (χ3v) is 3.00. The van der Waals surface area contributed by atoms with Crippen molar-refractivity contribution in [3.05, 3.63) is 35.4 Å². The molecule has 0 bridgehead atoms.